The predicted octanol–water partition coefficient (Wildman–Crippen LogP) is -1.68. The van der Waals surface area contributed by atoms with Crippen LogP contribution >= 0.6 is 0 Å². The van der Waals surface area contributed by atoms with Crippen LogP contribution < -0.4 is 14.9 Å². The molecule has 5 rings (SSSR count). The molecule has 0 saturated carbocycles. The van der Waals surface area contributed by atoms with E-state index in [0.29, 0.717) is 0 Å². The molecule has 45 heavy (non-hydrogen) atoms. The SMILES string of the molecule is COc1c(O)cc(-c2oc3cc(O)cc(O)c3c(=O)c2O[C@@H]2O[C@H](CO[C@@H]3O[C@@H](C)[C@H](O)[C@@H](O)[C@H]3O)[C@@H](O)[C@H](O)[C@H]2O)cc1O. The summed E-state index contributed by atoms with van der Waals surface area (Å²) >= 11 is 0. The van der Waals surface area contributed by atoms with Crippen molar-refractivity contribution in [1.29, 1.82) is 0 Å². The minimum atomic E-state index is -2.00. The van der Waals surface area contributed by atoms with Crippen molar-refractivity contribution in [3.8, 4) is 45.8 Å². The third-order valence-corrected chi connectivity index (χ3v) is 7.57. The maximum Gasteiger partial charge on any atom is 0.239 e. The molecular formula is C28H32O17. The lowest BCUT2D eigenvalue weighted by Gasteiger charge is -2.42. The number of aromatic hydroxyl groups is 4. The van der Waals surface area contributed by atoms with Crippen molar-refractivity contribution in [2.45, 2.75) is 68.3 Å². The first-order valence-electron chi connectivity index (χ1n) is 13.5. The number of phenolic OH excluding ortho intramolecular Hbond substituents is 4. The highest BCUT2D eigenvalue weighted by Gasteiger charge is 2.48. The maximum atomic E-state index is 13.7. The number of aliphatic hydroxyl groups is 6. The third kappa shape index (κ3) is 5.92. The molecule has 10 atom stereocenters. The van der Waals surface area contributed by atoms with Crippen LogP contribution in [0.4, 0.5) is 0 Å². The molecule has 10 N–H and O–H groups in total. The number of rotatable bonds is 7. The summed E-state index contributed by atoms with van der Waals surface area (Å²) in [4.78, 5) is 13.7. The zero-order valence-electron chi connectivity index (χ0n) is 23.6. The standard InChI is InChI=1S/C28H32O17/c1-8-17(33)20(36)22(38)27(42-8)41-7-15-18(34)21(37)23(39)28(44-15)45-26-19(35)16-11(30)5-10(29)6-14(16)43-24(26)9-3-12(31)25(40-2)13(32)4-9/h3-6,8,15,17-18,20-23,27-34,36-39H,7H2,1-2H3/t8-,15+,17-,18+,20+,21-,22+,23+,27+,28-/m0/s1. The number of methoxy groups -OCH3 is 1. The molecule has 17 heteroatoms. The van der Waals surface area contributed by atoms with Gasteiger partial charge in [-0.2, -0.15) is 0 Å². The first kappa shape index (κ1) is 32.5. The smallest absolute Gasteiger partial charge is 0.239 e. The van der Waals surface area contributed by atoms with Crippen LogP contribution in [0.3, 0.4) is 0 Å². The lowest BCUT2D eigenvalue weighted by molar-refractivity contribution is -0.318. The molecule has 3 aromatic rings. The molecule has 0 amide bonds. The summed E-state index contributed by atoms with van der Waals surface area (Å²) in [7, 11) is 1.18. The maximum absolute atomic E-state index is 13.7. The van der Waals surface area contributed by atoms with E-state index in [1.165, 1.54) is 14.0 Å². The second-order valence-electron chi connectivity index (χ2n) is 10.6. The topological polar surface area (TPSA) is 279 Å². The minimum absolute atomic E-state index is 0.174. The van der Waals surface area contributed by atoms with Crippen LogP contribution in [-0.4, -0.2) is 126 Å². The van der Waals surface area contributed by atoms with Gasteiger partial charge >= 0.3 is 0 Å². The Morgan fingerprint density at radius 3 is 2.00 bits per heavy atom. The van der Waals surface area contributed by atoms with E-state index in [1.54, 1.807) is 0 Å². The highest BCUT2D eigenvalue weighted by molar-refractivity contribution is 5.88. The van der Waals surface area contributed by atoms with Gasteiger partial charge in [0, 0.05) is 17.7 Å². The molecule has 2 aliphatic heterocycles. The van der Waals surface area contributed by atoms with Gasteiger partial charge in [0.05, 0.1) is 19.8 Å². The normalized spacial score (nSPS) is 32.0. The number of hydrogen-bond acceptors (Lipinski definition) is 17. The monoisotopic (exact) mass is 640 g/mol. The Bertz CT molecular complexity index is 1580. The van der Waals surface area contributed by atoms with E-state index >= 15 is 0 Å². The average Bonchev–Trinajstić information content (AvgIpc) is 2.98. The molecule has 0 unspecified atom stereocenters. The number of fused-ring (bicyclic) bond motifs is 1. The average molecular weight is 641 g/mol. The van der Waals surface area contributed by atoms with E-state index in [0.717, 1.165) is 24.3 Å². The van der Waals surface area contributed by atoms with Crippen LogP contribution in [0.2, 0.25) is 0 Å². The van der Waals surface area contributed by atoms with Crippen LogP contribution in [0.5, 0.6) is 34.5 Å². The summed E-state index contributed by atoms with van der Waals surface area (Å²) in [5.74, 6) is -3.90. The zero-order valence-corrected chi connectivity index (χ0v) is 23.6. The summed E-state index contributed by atoms with van der Waals surface area (Å²) in [6, 6.07) is 3.93. The number of benzene rings is 2. The van der Waals surface area contributed by atoms with Gasteiger partial charge in [0.15, 0.2) is 23.5 Å². The number of hydrogen-bond donors (Lipinski definition) is 10. The summed E-state index contributed by atoms with van der Waals surface area (Å²) in [6.45, 7) is 0.793. The fourth-order valence-electron chi connectivity index (χ4n) is 5.11. The summed E-state index contributed by atoms with van der Waals surface area (Å²) in [5, 5.41) is 103. The van der Waals surface area contributed by atoms with Crippen molar-refractivity contribution in [2.24, 2.45) is 0 Å². The van der Waals surface area contributed by atoms with E-state index in [-0.39, 0.29) is 16.9 Å². The number of phenols is 4. The Morgan fingerprint density at radius 1 is 0.733 bits per heavy atom. The van der Waals surface area contributed by atoms with E-state index < -0.39 is 113 Å². The molecular weight excluding hydrogens is 608 g/mol. The largest absolute Gasteiger partial charge is 0.508 e. The van der Waals surface area contributed by atoms with E-state index in [1.807, 2.05) is 0 Å². The van der Waals surface area contributed by atoms with Crippen LogP contribution in [0.25, 0.3) is 22.3 Å². The van der Waals surface area contributed by atoms with Gasteiger partial charge < -0.3 is 79.2 Å². The first-order valence-corrected chi connectivity index (χ1v) is 13.5. The zero-order chi connectivity index (χ0) is 32.9. The van der Waals surface area contributed by atoms with Crippen LogP contribution in [0.15, 0.2) is 33.5 Å². The van der Waals surface area contributed by atoms with E-state index in [2.05, 4.69) is 0 Å². The van der Waals surface area contributed by atoms with Crippen molar-refractivity contribution >= 4 is 11.0 Å². The Morgan fingerprint density at radius 2 is 1.36 bits per heavy atom. The predicted molar refractivity (Wildman–Crippen MR) is 147 cm³/mol. The molecule has 17 nitrogen and oxygen atoms in total. The molecule has 2 aromatic carbocycles. The van der Waals surface area contributed by atoms with Gasteiger partial charge in [-0.15, -0.1) is 0 Å². The second kappa shape index (κ2) is 12.5. The summed E-state index contributed by atoms with van der Waals surface area (Å²) in [6.07, 6.45) is -16.4. The quantitative estimate of drug-likeness (QED) is 0.138. The Balaban J connectivity index is 1.51. The van der Waals surface area contributed by atoms with Crippen molar-refractivity contribution < 1.29 is 79.2 Å². The third-order valence-electron chi connectivity index (χ3n) is 7.57. The lowest BCUT2D eigenvalue weighted by Crippen LogP contribution is -2.61. The molecule has 2 saturated heterocycles. The summed E-state index contributed by atoms with van der Waals surface area (Å²) in [5.41, 5.74) is -1.58. The molecule has 0 bridgehead atoms. The highest BCUT2D eigenvalue weighted by Crippen LogP contribution is 2.43. The highest BCUT2D eigenvalue weighted by atomic mass is 16.7. The van der Waals surface area contributed by atoms with Crippen molar-refractivity contribution in [2.75, 3.05) is 13.7 Å². The lowest BCUT2D eigenvalue weighted by atomic mass is 9.98. The van der Waals surface area contributed by atoms with Gasteiger partial charge in [-0.1, -0.05) is 0 Å². The minimum Gasteiger partial charge on any atom is -0.508 e. The molecule has 3 heterocycles. The van der Waals surface area contributed by atoms with E-state index in [9.17, 15) is 55.9 Å². The molecule has 2 aliphatic rings. The van der Waals surface area contributed by atoms with Crippen LogP contribution in [0, 0.1) is 0 Å². The van der Waals surface area contributed by atoms with Crippen molar-refractivity contribution in [1.82, 2.24) is 0 Å². The van der Waals surface area contributed by atoms with Crippen LogP contribution in [0.1, 0.15) is 6.92 Å². The Labute approximate surface area is 252 Å². The molecule has 0 radical (unpaired) electrons. The first-order chi connectivity index (χ1) is 21.2. The Hall–Kier alpha value is -3.91. The van der Waals surface area contributed by atoms with Gasteiger partial charge in [0.1, 0.15) is 65.2 Å². The molecule has 1 aromatic heterocycles. The Kier molecular flexibility index (Phi) is 9.00. The van der Waals surface area contributed by atoms with Gasteiger partial charge in [-0.05, 0) is 19.1 Å². The second-order valence-corrected chi connectivity index (χ2v) is 10.6. The van der Waals surface area contributed by atoms with Gasteiger partial charge in [0.25, 0.3) is 0 Å². The van der Waals surface area contributed by atoms with Crippen molar-refractivity contribution in [3.63, 3.8) is 0 Å². The molecule has 246 valence electrons. The van der Waals surface area contributed by atoms with Gasteiger partial charge in [-0.25, -0.2) is 0 Å². The number of aliphatic hydroxyl groups excluding tert-OH is 6. The molecule has 0 aliphatic carbocycles. The molecule has 2 fully saturated rings. The van der Waals surface area contributed by atoms with E-state index in [4.69, 9.17) is 28.1 Å². The van der Waals surface area contributed by atoms with Crippen LogP contribution in [-0.2, 0) is 14.2 Å². The van der Waals surface area contributed by atoms with Gasteiger partial charge in [0.2, 0.25) is 23.2 Å². The number of ether oxygens (including phenoxy) is 5. The summed E-state index contributed by atoms with van der Waals surface area (Å²) < 4.78 is 32.8. The fourth-order valence-corrected chi connectivity index (χ4v) is 5.11. The van der Waals surface area contributed by atoms with Crippen molar-refractivity contribution in [3.05, 3.63) is 34.5 Å². The van der Waals surface area contributed by atoms with Gasteiger partial charge in [-0.3, -0.25) is 4.79 Å². The fraction of sp³-hybridized carbons (Fsp3) is 0.464. The molecule has 0 spiro atoms.